The van der Waals surface area contributed by atoms with E-state index in [0.29, 0.717) is 11.8 Å². The van der Waals surface area contributed by atoms with Crippen LogP contribution in [0, 0.1) is 0 Å². The van der Waals surface area contributed by atoms with Crippen molar-refractivity contribution in [1.82, 2.24) is 9.55 Å². The molecule has 7 N–H and O–H groups in total. The molecule has 1 aliphatic rings. The van der Waals surface area contributed by atoms with Crippen LogP contribution in [-0.4, -0.2) is 63.4 Å². The molecule has 6 atom stereocenters. The van der Waals surface area contributed by atoms with Crippen molar-refractivity contribution in [3.05, 3.63) is 33.1 Å². The molecule has 1 saturated heterocycles. The Labute approximate surface area is 164 Å². The SMILES string of the molecule is O=c1ccn([C@@H]2S[C@H](COP(=O)(O)OP(=O)(O)OP(=O)(O)O)[C@@H](O)[C@H]2O)c(=O)[nH]1. The molecule has 0 saturated carbocycles. The maximum Gasteiger partial charge on any atom is 0.490 e. The van der Waals surface area contributed by atoms with E-state index in [-0.39, 0.29) is 0 Å². The molecule has 2 rings (SSSR count). The third kappa shape index (κ3) is 6.94. The fourth-order valence-corrected chi connectivity index (χ4v) is 6.79. The molecular formula is C9H15N2O14P3S. The third-order valence-corrected chi connectivity index (χ3v) is 8.63. The van der Waals surface area contributed by atoms with Crippen molar-refractivity contribution >= 4 is 35.2 Å². The van der Waals surface area contributed by atoms with Gasteiger partial charge in [0.1, 0.15) is 11.5 Å². The molecule has 166 valence electrons. The number of aromatic amines is 1. The van der Waals surface area contributed by atoms with Crippen LogP contribution in [0.3, 0.4) is 0 Å². The Bertz CT molecular complexity index is 1000. The van der Waals surface area contributed by atoms with Gasteiger partial charge in [0.2, 0.25) is 0 Å². The molecule has 0 bridgehead atoms. The van der Waals surface area contributed by atoms with Gasteiger partial charge < -0.3 is 29.8 Å². The summed E-state index contributed by atoms with van der Waals surface area (Å²) >= 11 is 0.709. The minimum Gasteiger partial charge on any atom is -0.389 e. The van der Waals surface area contributed by atoms with E-state index in [4.69, 9.17) is 14.7 Å². The Kier molecular flexibility index (Phi) is 7.51. The second-order valence-corrected chi connectivity index (χ2v) is 11.2. The standard InChI is InChI=1S/C9H15N2O14P3S/c12-5-1-2-11(9(15)10-5)8-7(14)6(13)4(29-8)3-23-27(19,20)25-28(21,22)24-26(16,17)18/h1-2,4,6-8,13-14H,3H2,(H,19,20)(H,21,22)(H,10,12,15)(H2,16,17,18)/t4-,6-,7-,8-/m1/s1. The van der Waals surface area contributed by atoms with Gasteiger partial charge in [-0.05, 0) is 0 Å². The smallest absolute Gasteiger partial charge is 0.389 e. The molecule has 2 unspecified atom stereocenters. The lowest BCUT2D eigenvalue weighted by Crippen LogP contribution is -2.37. The van der Waals surface area contributed by atoms with Gasteiger partial charge in [-0.25, -0.2) is 18.5 Å². The molecular weight excluding hydrogens is 485 g/mol. The Balaban J connectivity index is 2.06. The summed E-state index contributed by atoms with van der Waals surface area (Å²) < 4.78 is 45.9. The number of hydrogen-bond donors (Lipinski definition) is 7. The van der Waals surface area contributed by atoms with Crippen molar-refractivity contribution in [2.45, 2.75) is 22.8 Å². The summed E-state index contributed by atoms with van der Waals surface area (Å²) in [7, 11) is -16.6. The molecule has 20 heteroatoms. The van der Waals surface area contributed by atoms with Crippen LogP contribution >= 0.6 is 35.2 Å². The highest BCUT2D eigenvalue weighted by Crippen LogP contribution is 2.66. The van der Waals surface area contributed by atoms with Crippen LogP contribution in [0.2, 0.25) is 0 Å². The van der Waals surface area contributed by atoms with Crippen molar-refractivity contribution in [3.8, 4) is 0 Å². The molecule has 0 amide bonds. The fourth-order valence-electron chi connectivity index (χ4n) is 2.20. The first-order valence-electron chi connectivity index (χ1n) is 7.22. The third-order valence-electron chi connectivity index (χ3n) is 3.28. The number of aliphatic hydroxyl groups is 2. The first-order chi connectivity index (χ1) is 13.1. The van der Waals surface area contributed by atoms with Gasteiger partial charge in [0, 0.05) is 12.3 Å². The van der Waals surface area contributed by atoms with Crippen LogP contribution in [0.5, 0.6) is 0 Å². The maximum absolute atomic E-state index is 11.8. The second kappa shape index (κ2) is 8.85. The predicted molar refractivity (Wildman–Crippen MR) is 93.6 cm³/mol. The zero-order valence-corrected chi connectivity index (χ0v) is 17.3. The number of hydrogen-bond acceptors (Lipinski definition) is 11. The normalized spacial score (nSPS) is 29.3. The lowest BCUT2D eigenvalue weighted by molar-refractivity contribution is 0.00995. The van der Waals surface area contributed by atoms with Crippen LogP contribution < -0.4 is 11.2 Å². The molecule has 0 spiro atoms. The molecule has 1 aromatic rings. The second-order valence-electron chi connectivity index (χ2n) is 5.45. The Morgan fingerprint density at radius 3 is 2.21 bits per heavy atom. The van der Waals surface area contributed by atoms with E-state index in [9.17, 15) is 38.4 Å². The molecule has 1 aromatic heterocycles. The highest BCUT2D eigenvalue weighted by molar-refractivity contribution is 8.00. The zero-order chi connectivity index (χ0) is 22.2. The fraction of sp³-hybridized carbons (Fsp3) is 0.556. The number of aliphatic hydroxyl groups excluding tert-OH is 2. The Hall–Kier alpha value is -0.640. The van der Waals surface area contributed by atoms with Gasteiger partial charge >= 0.3 is 29.2 Å². The van der Waals surface area contributed by atoms with Crippen molar-refractivity contribution in [2.75, 3.05) is 6.61 Å². The highest BCUT2D eigenvalue weighted by Gasteiger charge is 2.46. The summed E-state index contributed by atoms with van der Waals surface area (Å²) in [5.74, 6) is 0. The Morgan fingerprint density at radius 2 is 1.66 bits per heavy atom. The molecule has 0 aliphatic carbocycles. The van der Waals surface area contributed by atoms with Crippen molar-refractivity contribution in [2.24, 2.45) is 0 Å². The van der Waals surface area contributed by atoms with E-state index in [1.807, 2.05) is 4.98 Å². The Morgan fingerprint density at radius 1 is 1.03 bits per heavy atom. The van der Waals surface area contributed by atoms with E-state index in [0.717, 1.165) is 16.8 Å². The summed E-state index contributed by atoms with van der Waals surface area (Å²) in [6, 6.07) is 0.987. The van der Waals surface area contributed by atoms with Gasteiger partial charge in [-0.15, -0.1) is 11.8 Å². The van der Waals surface area contributed by atoms with Gasteiger partial charge in [-0.1, -0.05) is 0 Å². The van der Waals surface area contributed by atoms with Crippen molar-refractivity contribution < 1.29 is 56.6 Å². The van der Waals surface area contributed by atoms with Gasteiger partial charge in [0.15, 0.2) is 0 Å². The maximum atomic E-state index is 11.8. The molecule has 1 aliphatic heterocycles. The molecule has 29 heavy (non-hydrogen) atoms. The predicted octanol–water partition coefficient (Wildman–Crippen LogP) is -1.78. The number of aromatic nitrogens is 2. The number of rotatable bonds is 8. The molecule has 0 radical (unpaired) electrons. The molecule has 0 aromatic carbocycles. The topological polar surface area (TPSA) is 255 Å². The number of phosphoric ester groups is 1. The van der Waals surface area contributed by atoms with E-state index in [1.54, 1.807) is 0 Å². The lowest BCUT2D eigenvalue weighted by Gasteiger charge is -2.19. The van der Waals surface area contributed by atoms with Crippen LogP contribution in [0.1, 0.15) is 5.37 Å². The van der Waals surface area contributed by atoms with E-state index in [2.05, 4.69) is 13.1 Å². The summed E-state index contributed by atoms with van der Waals surface area (Å²) in [6.07, 6.45) is -2.12. The number of H-pyrrole nitrogens is 1. The van der Waals surface area contributed by atoms with E-state index >= 15 is 0 Å². The van der Waals surface area contributed by atoms with Crippen LogP contribution in [0.4, 0.5) is 0 Å². The van der Waals surface area contributed by atoms with Crippen molar-refractivity contribution in [1.29, 1.82) is 0 Å². The van der Waals surface area contributed by atoms with Gasteiger partial charge in [-0.3, -0.25) is 18.9 Å². The van der Waals surface area contributed by atoms with E-state index in [1.165, 1.54) is 0 Å². The monoisotopic (exact) mass is 500 g/mol. The van der Waals surface area contributed by atoms with Gasteiger partial charge in [-0.2, -0.15) is 8.62 Å². The summed E-state index contributed by atoms with van der Waals surface area (Å²) in [4.78, 5) is 60.2. The molecule has 2 heterocycles. The first-order valence-corrected chi connectivity index (χ1v) is 12.7. The number of nitrogens with zero attached hydrogens (tertiary/aromatic N) is 1. The average molecular weight is 500 g/mol. The van der Waals surface area contributed by atoms with Crippen molar-refractivity contribution in [3.63, 3.8) is 0 Å². The summed E-state index contributed by atoms with van der Waals surface area (Å²) in [5, 5.41) is 17.8. The minimum absolute atomic E-state index is 0.700. The minimum atomic E-state index is -5.69. The number of thioether (sulfide) groups is 1. The summed E-state index contributed by atoms with van der Waals surface area (Å²) in [5.41, 5.74) is -1.59. The van der Waals surface area contributed by atoms with Gasteiger partial charge in [0.05, 0.1) is 18.0 Å². The van der Waals surface area contributed by atoms with Crippen LogP contribution in [-0.2, 0) is 26.8 Å². The van der Waals surface area contributed by atoms with E-state index < -0.39 is 64.2 Å². The number of nitrogens with one attached hydrogen (secondary N) is 1. The average Bonchev–Trinajstić information content (AvgIpc) is 2.78. The van der Waals surface area contributed by atoms with Gasteiger partial charge in [0.25, 0.3) is 5.56 Å². The van der Waals surface area contributed by atoms with Crippen LogP contribution in [0.25, 0.3) is 0 Å². The summed E-state index contributed by atoms with van der Waals surface area (Å²) in [6.45, 7) is -0.860. The largest absolute Gasteiger partial charge is 0.490 e. The lowest BCUT2D eigenvalue weighted by atomic mass is 10.1. The number of phosphoric acid groups is 3. The molecule has 1 fully saturated rings. The molecule has 16 nitrogen and oxygen atoms in total. The zero-order valence-electron chi connectivity index (χ0n) is 13.8. The first kappa shape index (κ1) is 24.6. The van der Waals surface area contributed by atoms with Crippen LogP contribution in [0.15, 0.2) is 21.9 Å². The quantitative estimate of drug-likeness (QED) is 0.195. The highest BCUT2D eigenvalue weighted by atomic mass is 32.2.